The number of halogens is 2. The maximum atomic E-state index is 13.3. The van der Waals surface area contributed by atoms with E-state index in [2.05, 4.69) is 34.2 Å². The first-order valence-corrected chi connectivity index (χ1v) is 9.38. The van der Waals surface area contributed by atoms with Crippen LogP contribution in [0.3, 0.4) is 0 Å². The van der Waals surface area contributed by atoms with Crippen molar-refractivity contribution >= 4 is 21.6 Å². The number of ether oxygens (including phenoxy) is 2. The Balaban J connectivity index is 1.66. The molecule has 3 aromatic carbocycles. The van der Waals surface area contributed by atoms with Gasteiger partial charge in [-0.25, -0.2) is 4.39 Å². The molecule has 0 heterocycles. The molecule has 0 aliphatic heterocycles. The third-order valence-electron chi connectivity index (χ3n) is 4.18. The molecule has 3 nitrogen and oxygen atoms in total. The number of benzene rings is 3. The Morgan fingerprint density at radius 3 is 2.56 bits per heavy atom. The summed E-state index contributed by atoms with van der Waals surface area (Å²) in [6, 6.07) is 18.3. The summed E-state index contributed by atoms with van der Waals surface area (Å²) in [7, 11) is 1.61. The average Bonchev–Trinajstić information content (AvgIpc) is 2.66. The van der Waals surface area contributed by atoms with Crippen LogP contribution in [0.4, 0.5) is 10.1 Å². The van der Waals surface area contributed by atoms with E-state index in [-0.39, 0.29) is 12.4 Å². The van der Waals surface area contributed by atoms with E-state index in [1.807, 2.05) is 36.4 Å². The van der Waals surface area contributed by atoms with Gasteiger partial charge in [0, 0.05) is 16.7 Å². The van der Waals surface area contributed by atoms with Crippen molar-refractivity contribution in [2.45, 2.75) is 20.1 Å². The van der Waals surface area contributed by atoms with Gasteiger partial charge in [-0.05, 0) is 66.1 Å². The van der Waals surface area contributed by atoms with Crippen LogP contribution < -0.4 is 14.8 Å². The summed E-state index contributed by atoms with van der Waals surface area (Å²) in [5, 5.41) is 3.43. The molecule has 0 atom stereocenters. The molecule has 27 heavy (non-hydrogen) atoms. The van der Waals surface area contributed by atoms with E-state index >= 15 is 0 Å². The van der Waals surface area contributed by atoms with Gasteiger partial charge in [0.1, 0.15) is 12.4 Å². The lowest BCUT2D eigenvalue weighted by atomic mass is 10.1. The Kier molecular flexibility index (Phi) is 6.35. The minimum atomic E-state index is -0.271. The first-order chi connectivity index (χ1) is 13.0. The lowest BCUT2D eigenvalue weighted by Crippen LogP contribution is -2.03. The average molecular weight is 430 g/mol. The molecule has 0 aliphatic carbocycles. The first kappa shape index (κ1) is 19.2. The SMILES string of the molecule is COc1cc(CNc2ccc(Br)cc2C)ccc1OCc1cccc(F)c1. The highest BCUT2D eigenvalue weighted by Gasteiger charge is 2.07. The molecule has 1 N–H and O–H groups in total. The van der Waals surface area contributed by atoms with Crippen LogP contribution in [-0.2, 0) is 13.2 Å². The second kappa shape index (κ2) is 8.91. The molecular weight excluding hydrogens is 409 g/mol. The third kappa shape index (κ3) is 5.23. The van der Waals surface area contributed by atoms with E-state index in [0.717, 1.165) is 21.3 Å². The first-order valence-electron chi connectivity index (χ1n) is 8.59. The van der Waals surface area contributed by atoms with Crippen molar-refractivity contribution in [3.05, 3.63) is 87.6 Å². The molecule has 0 unspecified atom stereocenters. The smallest absolute Gasteiger partial charge is 0.161 e. The topological polar surface area (TPSA) is 30.5 Å². The maximum Gasteiger partial charge on any atom is 0.161 e. The molecule has 5 heteroatoms. The predicted octanol–water partition coefficient (Wildman–Crippen LogP) is 6.10. The lowest BCUT2D eigenvalue weighted by molar-refractivity contribution is 0.284. The maximum absolute atomic E-state index is 13.3. The number of hydrogen-bond donors (Lipinski definition) is 1. The highest BCUT2D eigenvalue weighted by Crippen LogP contribution is 2.29. The highest BCUT2D eigenvalue weighted by atomic mass is 79.9. The molecule has 0 aromatic heterocycles. The van der Waals surface area contributed by atoms with E-state index in [1.165, 1.54) is 17.7 Å². The molecule has 3 rings (SSSR count). The molecule has 3 aromatic rings. The van der Waals surface area contributed by atoms with Crippen LogP contribution in [0.1, 0.15) is 16.7 Å². The van der Waals surface area contributed by atoms with Crippen LogP contribution in [0, 0.1) is 12.7 Å². The largest absolute Gasteiger partial charge is 0.493 e. The van der Waals surface area contributed by atoms with Gasteiger partial charge in [-0.15, -0.1) is 0 Å². The van der Waals surface area contributed by atoms with Gasteiger partial charge in [-0.3, -0.25) is 0 Å². The van der Waals surface area contributed by atoms with Gasteiger partial charge in [0.05, 0.1) is 7.11 Å². The minimum absolute atomic E-state index is 0.271. The number of rotatable bonds is 7. The Hall–Kier alpha value is -2.53. The van der Waals surface area contributed by atoms with E-state index in [9.17, 15) is 4.39 Å². The van der Waals surface area contributed by atoms with Crippen molar-refractivity contribution < 1.29 is 13.9 Å². The summed E-state index contributed by atoms with van der Waals surface area (Å²) in [6.45, 7) is 3.02. The number of anilines is 1. The van der Waals surface area contributed by atoms with E-state index in [4.69, 9.17) is 9.47 Å². The quantitative estimate of drug-likeness (QED) is 0.492. The Morgan fingerprint density at radius 2 is 1.81 bits per heavy atom. The molecule has 0 saturated carbocycles. The van der Waals surface area contributed by atoms with Crippen LogP contribution in [0.15, 0.2) is 65.1 Å². The molecule has 0 radical (unpaired) electrons. The normalized spacial score (nSPS) is 10.5. The van der Waals surface area contributed by atoms with Crippen molar-refractivity contribution in [2.75, 3.05) is 12.4 Å². The lowest BCUT2D eigenvalue weighted by Gasteiger charge is -2.14. The van der Waals surface area contributed by atoms with Crippen molar-refractivity contribution in [3.8, 4) is 11.5 Å². The van der Waals surface area contributed by atoms with Crippen molar-refractivity contribution in [1.29, 1.82) is 0 Å². The van der Waals surface area contributed by atoms with Crippen molar-refractivity contribution in [3.63, 3.8) is 0 Å². The Labute approximate surface area is 167 Å². The van der Waals surface area contributed by atoms with Crippen LogP contribution in [0.5, 0.6) is 11.5 Å². The van der Waals surface area contributed by atoms with E-state index in [0.29, 0.717) is 18.0 Å². The zero-order valence-electron chi connectivity index (χ0n) is 15.3. The fraction of sp³-hybridized carbons (Fsp3) is 0.182. The number of nitrogens with one attached hydrogen (secondary N) is 1. The monoisotopic (exact) mass is 429 g/mol. The summed E-state index contributed by atoms with van der Waals surface area (Å²) >= 11 is 3.48. The highest BCUT2D eigenvalue weighted by molar-refractivity contribution is 9.10. The van der Waals surface area contributed by atoms with Gasteiger partial charge in [0.15, 0.2) is 11.5 Å². The van der Waals surface area contributed by atoms with Gasteiger partial charge in [-0.2, -0.15) is 0 Å². The number of aryl methyl sites for hydroxylation is 1. The zero-order valence-corrected chi connectivity index (χ0v) is 16.8. The van der Waals surface area contributed by atoms with Crippen LogP contribution in [-0.4, -0.2) is 7.11 Å². The fourth-order valence-electron chi connectivity index (χ4n) is 2.75. The molecule has 0 spiro atoms. The third-order valence-corrected chi connectivity index (χ3v) is 4.68. The van der Waals surface area contributed by atoms with Gasteiger partial charge in [-0.1, -0.05) is 34.1 Å². The molecule has 140 valence electrons. The number of hydrogen-bond acceptors (Lipinski definition) is 3. The fourth-order valence-corrected chi connectivity index (χ4v) is 3.23. The second-order valence-corrected chi connectivity index (χ2v) is 7.13. The van der Waals surface area contributed by atoms with E-state index < -0.39 is 0 Å². The Bertz CT molecular complexity index is 930. The Morgan fingerprint density at radius 1 is 0.963 bits per heavy atom. The van der Waals surface area contributed by atoms with Gasteiger partial charge >= 0.3 is 0 Å². The minimum Gasteiger partial charge on any atom is -0.493 e. The van der Waals surface area contributed by atoms with E-state index in [1.54, 1.807) is 13.2 Å². The molecule has 0 aliphatic rings. The van der Waals surface area contributed by atoms with Crippen LogP contribution in [0.2, 0.25) is 0 Å². The van der Waals surface area contributed by atoms with Gasteiger partial charge in [0.2, 0.25) is 0 Å². The summed E-state index contributed by atoms with van der Waals surface area (Å²) in [5.74, 6) is 1.01. The standard InChI is InChI=1S/C22H21BrFNO2/c1-15-10-18(23)7-8-20(15)25-13-16-6-9-21(22(12-16)26-2)27-14-17-4-3-5-19(24)11-17/h3-12,25H,13-14H2,1-2H3. The summed E-state index contributed by atoms with van der Waals surface area (Å²) < 4.78 is 25.6. The predicted molar refractivity (Wildman–Crippen MR) is 110 cm³/mol. The molecular formula is C22H21BrFNO2. The summed E-state index contributed by atoms with van der Waals surface area (Å²) in [5.41, 5.74) is 4.11. The van der Waals surface area contributed by atoms with Crippen molar-refractivity contribution in [2.24, 2.45) is 0 Å². The number of methoxy groups -OCH3 is 1. The summed E-state index contributed by atoms with van der Waals surface area (Å²) in [4.78, 5) is 0. The summed E-state index contributed by atoms with van der Waals surface area (Å²) in [6.07, 6.45) is 0. The van der Waals surface area contributed by atoms with Gasteiger partial charge < -0.3 is 14.8 Å². The molecule has 0 saturated heterocycles. The molecule has 0 bridgehead atoms. The zero-order chi connectivity index (χ0) is 19.2. The van der Waals surface area contributed by atoms with Crippen molar-refractivity contribution in [1.82, 2.24) is 0 Å². The second-order valence-electron chi connectivity index (χ2n) is 6.22. The molecule has 0 amide bonds. The van der Waals surface area contributed by atoms with Crippen LogP contribution >= 0.6 is 15.9 Å². The molecule has 0 fully saturated rings. The van der Waals surface area contributed by atoms with Gasteiger partial charge in [0.25, 0.3) is 0 Å². The van der Waals surface area contributed by atoms with Crippen LogP contribution in [0.25, 0.3) is 0 Å².